The molecular formula is C24H26N4O2. The fraction of sp³-hybridized carbons (Fsp3) is 0.375. The van der Waals surface area contributed by atoms with Crippen molar-refractivity contribution in [3.05, 3.63) is 59.3 Å². The highest BCUT2D eigenvalue weighted by Crippen LogP contribution is 2.43. The molecule has 30 heavy (non-hydrogen) atoms. The topological polar surface area (TPSA) is 78.2 Å². The monoisotopic (exact) mass is 402 g/mol. The molecule has 3 atom stereocenters. The highest BCUT2D eigenvalue weighted by Gasteiger charge is 2.38. The first kappa shape index (κ1) is 20.1. The number of aromatic nitrogens is 1. The van der Waals surface area contributed by atoms with E-state index in [1.54, 1.807) is 19.2 Å². The van der Waals surface area contributed by atoms with E-state index < -0.39 is 0 Å². The summed E-state index contributed by atoms with van der Waals surface area (Å²) < 4.78 is 5.46. The molecule has 3 heterocycles. The zero-order valence-electron chi connectivity index (χ0n) is 17.6. The van der Waals surface area contributed by atoms with Crippen LogP contribution in [0.2, 0.25) is 0 Å². The number of benzene rings is 1. The number of nitriles is 1. The molecule has 4 rings (SSSR count). The molecule has 0 radical (unpaired) electrons. The van der Waals surface area contributed by atoms with Crippen molar-refractivity contribution >= 4 is 23.0 Å². The van der Waals surface area contributed by atoms with E-state index in [-0.39, 0.29) is 23.9 Å². The van der Waals surface area contributed by atoms with E-state index in [1.807, 2.05) is 11.0 Å². The number of carbonyl (C=O) groups is 1. The molecule has 0 saturated carbocycles. The SMILES string of the molecule is CC(=O)N1c2ccc(C3=CCOCC3)cc2C(Nc2ccc(C#N)cn2)C(C)[C@@H]1C. The molecule has 0 spiro atoms. The lowest BCUT2D eigenvalue weighted by Crippen LogP contribution is -2.48. The van der Waals surface area contributed by atoms with E-state index in [9.17, 15) is 4.79 Å². The van der Waals surface area contributed by atoms with Crippen molar-refractivity contribution in [1.29, 1.82) is 5.26 Å². The number of hydrogen-bond donors (Lipinski definition) is 1. The molecule has 1 amide bonds. The Balaban J connectivity index is 1.77. The normalized spacial score (nSPS) is 23.2. The van der Waals surface area contributed by atoms with Crippen LogP contribution in [0.4, 0.5) is 11.5 Å². The van der Waals surface area contributed by atoms with Gasteiger partial charge in [0.15, 0.2) is 0 Å². The maximum Gasteiger partial charge on any atom is 0.224 e. The summed E-state index contributed by atoms with van der Waals surface area (Å²) in [4.78, 5) is 18.8. The molecule has 2 aliphatic rings. The number of nitrogens with one attached hydrogen (secondary N) is 1. The van der Waals surface area contributed by atoms with Gasteiger partial charge in [-0.1, -0.05) is 19.1 Å². The van der Waals surface area contributed by atoms with Gasteiger partial charge >= 0.3 is 0 Å². The molecule has 0 aliphatic carbocycles. The van der Waals surface area contributed by atoms with Crippen molar-refractivity contribution in [3.63, 3.8) is 0 Å². The van der Waals surface area contributed by atoms with Gasteiger partial charge in [-0.05, 0) is 54.3 Å². The third-order valence-corrected chi connectivity index (χ3v) is 6.19. The van der Waals surface area contributed by atoms with Crippen LogP contribution in [-0.4, -0.2) is 30.1 Å². The van der Waals surface area contributed by atoms with Gasteiger partial charge in [-0.3, -0.25) is 4.79 Å². The number of fused-ring (bicyclic) bond motifs is 1. The number of anilines is 2. The van der Waals surface area contributed by atoms with Gasteiger partial charge in [-0.2, -0.15) is 5.26 Å². The summed E-state index contributed by atoms with van der Waals surface area (Å²) in [5.41, 5.74) is 5.01. The number of amides is 1. The second kappa shape index (κ2) is 8.29. The van der Waals surface area contributed by atoms with Crippen LogP contribution < -0.4 is 10.2 Å². The van der Waals surface area contributed by atoms with Crippen molar-refractivity contribution in [2.45, 2.75) is 39.3 Å². The minimum Gasteiger partial charge on any atom is -0.377 e. The van der Waals surface area contributed by atoms with E-state index in [2.05, 4.69) is 54.5 Å². The summed E-state index contributed by atoms with van der Waals surface area (Å²) in [7, 11) is 0. The van der Waals surface area contributed by atoms with Crippen LogP contribution in [0.1, 0.15) is 49.9 Å². The zero-order valence-corrected chi connectivity index (χ0v) is 17.6. The molecule has 1 aromatic heterocycles. The lowest BCUT2D eigenvalue weighted by Gasteiger charge is -2.44. The number of carbonyl (C=O) groups excluding carboxylic acids is 1. The first-order valence-corrected chi connectivity index (χ1v) is 10.3. The van der Waals surface area contributed by atoms with Crippen molar-refractivity contribution in [3.8, 4) is 6.07 Å². The Morgan fingerprint density at radius 2 is 2.13 bits per heavy atom. The molecule has 1 N–H and O–H groups in total. The Morgan fingerprint density at radius 1 is 1.30 bits per heavy atom. The molecule has 154 valence electrons. The largest absolute Gasteiger partial charge is 0.377 e. The van der Waals surface area contributed by atoms with Gasteiger partial charge in [0.2, 0.25) is 5.91 Å². The Kier molecular flexibility index (Phi) is 5.56. The summed E-state index contributed by atoms with van der Waals surface area (Å²) in [6, 6.07) is 12.1. The molecule has 6 heteroatoms. The second-order valence-corrected chi connectivity index (χ2v) is 7.98. The maximum absolute atomic E-state index is 12.5. The van der Waals surface area contributed by atoms with Crippen molar-refractivity contribution in [2.75, 3.05) is 23.4 Å². The first-order chi connectivity index (χ1) is 14.5. The Hall–Kier alpha value is -3.17. The summed E-state index contributed by atoms with van der Waals surface area (Å²) in [5.74, 6) is 0.928. The molecule has 6 nitrogen and oxygen atoms in total. The fourth-order valence-electron chi connectivity index (χ4n) is 4.40. The van der Waals surface area contributed by atoms with Gasteiger partial charge in [0.1, 0.15) is 11.9 Å². The van der Waals surface area contributed by atoms with Gasteiger partial charge < -0.3 is 15.0 Å². The molecule has 0 bridgehead atoms. The number of hydrogen-bond acceptors (Lipinski definition) is 5. The Morgan fingerprint density at radius 3 is 2.77 bits per heavy atom. The fourth-order valence-corrected chi connectivity index (χ4v) is 4.40. The average molecular weight is 402 g/mol. The van der Waals surface area contributed by atoms with Crippen molar-refractivity contribution in [2.24, 2.45) is 5.92 Å². The molecule has 0 fully saturated rings. The molecule has 2 aromatic rings. The van der Waals surface area contributed by atoms with Crippen molar-refractivity contribution in [1.82, 2.24) is 4.98 Å². The highest BCUT2D eigenvalue weighted by atomic mass is 16.5. The van der Waals surface area contributed by atoms with Crippen LogP contribution in [-0.2, 0) is 9.53 Å². The van der Waals surface area contributed by atoms with Crippen LogP contribution in [0.15, 0.2) is 42.6 Å². The summed E-state index contributed by atoms with van der Waals surface area (Å²) >= 11 is 0. The Labute approximate surface area is 177 Å². The van der Waals surface area contributed by atoms with Crippen LogP contribution in [0, 0.1) is 17.2 Å². The summed E-state index contributed by atoms with van der Waals surface area (Å²) in [6.07, 6.45) is 4.59. The molecule has 2 aliphatic heterocycles. The van der Waals surface area contributed by atoms with E-state index >= 15 is 0 Å². The minimum atomic E-state index is -0.00794. The standard InChI is InChI=1S/C24H26N4O2/c1-15-16(2)28(17(3)29)22-6-5-20(19-8-10-30-11-9-19)12-21(22)24(15)27-23-7-4-18(13-25)14-26-23/h4-8,12,14-16,24H,9-11H2,1-3H3,(H,26,27)/t15?,16-,24?/m0/s1. The highest BCUT2D eigenvalue weighted by molar-refractivity contribution is 5.94. The van der Waals surface area contributed by atoms with Gasteiger partial charge in [-0.25, -0.2) is 4.98 Å². The van der Waals surface area contributed by atoms with Gasteiger partial charge in [0, 0.05) is 30.8 Å². The summed E-state index contributed by atoms with van der Waals surface area (Å²) in [6.45, 7) is 7.23. The molecular weight excluding hydrogens is 376 g/mol. The van der Waals surface area contributed by atoms with Crippen LogP contribution in [0.3, 0.4) is 0 Å². The third-order valence-electron chi connectivity index (χ3n) is 6.19. The predicted octanol–water partition coefficient (Wildman–Crippen LogP) is 4.30. The van der Waals surface area contributed by atoms with Gasteiger partial charge in [0.25, 0.3) is 0 Å². The lowest BCUT2D eigenvalue weighted by atomic mass is 9.81. The van der Waals surface area contributed by atoms with Crippen LogP contribution in [0.5, 0.6) is 0 Å². The molecule has 0 saturated heterocycles. The van der Waals surface area contributed by atoms with Crippen LogP contribution >= 0.6 is 0 Å². The number of rotatable bonds is 3. The minimum absolute atomic E-state index is 0.00794. The molecule has 1 aromatic carbocycles. The maximum atomic E-state index is 12.5. The molecule has 2 unspecified atom stereocenters. The van der Waals surface area contributed by atoms with Crippen molar-refractivity contribution < 1.29 is 9.53 Å². The average Bonchev–Trinajstić information content (AvgIpc) is 2.77. The second-order valence-electron chi connectivity index (χ2n) is 7.98. The van der Waals surface area contributed by atoms with E-state index in [4.69, 9.17) is 10.00 Å². The van der Waals surface area contributed by atoms with E-state index in [0.717, 1.165) is 30.1 Å². The summed E-state index contributed by atoms with van der Waals surface area (Å²) in [5, 5.41) is 12.6. The first-order valence-electron chi connectivity index (χ1n) is 10.3. The zero-order chi connectivity index (χ0) is 21.3. The third kappa shape index (κ3) is 3.69. The number of pyridine rings is 1. The van der Waals surface area contributed by atoms with Gasteiger partial charge in [0.05, 0.1) is 24.8 Å². The lowest BCUT2D eigenvalue weighted by molar-refractivity contribution is -0.117. The number of ether oxygens (including phenoxy) is 1. The van der Waals surface area contributed by atoms with Crippen LogP contribution in [0.25, 0.3) is 5.57 Å². The number of nitrogens with zero attached hydrogens (tertiary/aromatic N) is 3. The smallest absolute Gasteiger partial charge is 0.224 e. The quantitative estimate of drug-likeness (QED) is 0.828. The van der Waals surface area contributed by atoms with E-state index in [1.165, 1.54) is 11.1 Å². The van der Waals surface area contributed by atoms with Gasteiger partial charge in [-0.15, -0.1) is 0 Å². The Bertz CT molecular complexity index is 1020. The predicted molar refractivity (Wildman–Crippen MR) is 117 cm³/mol. The van der Waals surface area contributed by atoms with E-state index in [0.29, 0.717) is 12.2 Å².